The molecule has 1 atom stereocenters. The van der Waals surface area contributed by atoms with Gasteiger partial charge in [-0.2, -0.15) is 4.98 Å². The average Bonchev–Trinajstić information content (AvgIpc) is 2.91. The lowest BCUT2D eigenvalue weighted by molar-refractivity contribution is 0.356. The van der Waals surface area contributed by atoms with Crippen LogP contribution in [0.4, 0.5) is 5.69 Å². The molecule has 2 aromatic rings. The van der Waals surface area contributed by atoms with Crippen LogP contribution in [0.2, 0.25) is 0 Å². The fourth-order valence-electron chi connectivity index (χ4n) is 1.95. The second kappa shape index (κ2) is 6.89. The average molecular weight is 324 g/mol. The molecule has 0 fully saturated rings. The van der Waals surface area contributed by atoms with Gasteiger partial charge in [-0.05, 0) is 24.6 Å². The number of benzene rings is 1. The summed E-state index contributed by atoms with van der Waals surface area (Å²) in [6.07, 6.45) is 1.86. The van der Waals surface area contributed by atoms with Gasteiger partial charge in [-0.1, -0.05) is 24.2 Å². The van der Waals surface area contributed by atoms with E-state index >= 15 is 0 Å². The maximum atomic E-state index is 11.3. The van der Waals surface area contributed by atoms with Crippen molar-refractivity contribution in [1.29, 1.82) is 0 Å². The molecule has 0 radical (unpaired) electrons. The number of anilines is 1. The summed E-state index contributed by atoms with van der Waals surface area (Å²) in [5, 5.41) is 7.11. The van der Waals surface area contributed by atoms with Crippen LogP contribution in [-0.2, 0) is 23.0 Å². The maximum absolute atomic E-state index is 11.3. The number of sulfonamides is 1. The zero-order chi connectivity index (χ0) is 16.2. The minimum atomic E-state index is -3.28. The van der Waals surface area contributed by atoms with Gasteiger partial charge in [-0.25, -0.2) is 8.42 Å². The molecular weight excluding hydrogens is 304 g/mol. The van der Waals surface area contributed by atoms with Gasteiger partial charge in [0.2, 0.25) is 15.9 Å². The first kappa shape index (κ1) is 16.4. The van der Waals surface area contributed by atoms with Crippen molar-refractivity contribution >= 4 is 15.7 Å². The van der Waals surface area contributed by atoms with Crippen LogP contribution >= 0.6 is 0 Å². The topological polar surface area (TPSA) is 97.1 Å². The van der Waals surface area contributed by atoms with E-state index < -0.39 is 10.0 Å². The predicted molar refractivity (Wildman–Crippen MR) is 83.8 cm³/mol. The Balaban J connectivity index is 1.99. The summed E-state index contributed by atoms with van der Waals surface area (Å²) >= 11 is 0. The van der Waals surface area contributed by atoms with E-state index in [1.165, 1.54) is 0 Å². The molecule has 0 aliphatic carbocycles. The number of nitrogens with zero attached hydrogens (tertiary/aromatic N) is 2. The molecule has 0 aliphatic rings. The zero-order valence-electron chi connectivity index (χ0n) is 12.8. The van der Waals surface area contributed by atoms with Crippen LogP contribution in [0.1, 0.15) is 37.2 Å². The Hall–Kier alpha value is -1.93. The van der Waals surface area contributed by atoms with Crippen molar-refractivity contribution in [1.82, 2.24) is 15.5 Å². The summed E-state index contributed by atoms with van der Waals surface area (Å²) in [6.45, 7) is 4.40. The maximum Gasteiger partial charge on any atom is 0.240 e. The third-order valence-electron chi connectivity index (χ3n) is 3.08. The van der Waals surface area contributed by atoms with E-state index in [4.69, 9.17) is 4.52 Å². The second-order valence-electron chi connectivity index (χ2n) is 5.06. The van der Waals surface area contributed by atoms with Gasteiger partial charge in [0.1, 0.15) is 0 Å². The molecule has 0 spiro atoms. The molecule has 0 saturated heterocycles. The van der Waals surface area contributed by atoms with Crippen LogP contribution < -0.4 is 10.0 Å². The first-order valence-corrected chi connectivity index (χ1v) is 8.89. The molecule has 1 aromatic heterocycles. The van der Waals surface area contributed by atoms with Crippen molar-refractivity contribution in [3.05, 3.63) is 41.5 Å². The van der Waals surface area contributed by atoms with Crippen LogP contribution in [0.25, 0.3) is 0 Å². The number of aryl methyl sites for hydroxylation is 1. The van der Waals surface area contributed by atoms with E-state index in [1.54, 1.807) is 12.1 Å². The summed E-state index contributed by atoms with van der Waals surface area (Å²) in [7, 11) is -3.28. The Morgan fingerprint density at radius 2 is 2.14 bits per heavy atom. The summed E-state index contributed by atoms with van der Waals surface area (Å²) in [5.41, 5.74) is 1.50. The Bertz CT molecular complexity index is 727. The van der Waals surface area contributed by atoms with Crippen LogP contribution in [0.3, 0.4) is 0 Å². The molecule has 22 heavy (non-hydrogen) atoms. The van der Waals surface area contributed by atoms with Gasteiger partial charge in [0, 0.05) is 18.2 Å². The van der Waals surface area contributed by atoms with Crippen molar-refractivity contribution in [2.75, 3.05) is 11.0 Å². The molecule has 8 heteroatoms. The summed E-state index contributed by atoms with van der Waals surface area (Å²) in [6, 6.07) is 7.25. The fraction of sp³-hybridized carbons (Fsp3) is 0.429. The molecule has 0 saturated carbocycles. The summed E-state index contributed by atoms with van der Waals surface area (Å²) in [5.74, 6) is 1.22. The Morgan fingerprint density at radius 3 is 2.77 bits per heavy atom. The van der Waals surface area contributed by atoms with Gasteiger partial charge in [-0.3, -0.25) is 4.72 Å². The third-order valence-corrected chi connectivity index (χ3v) is 3.68. The highest BCUT2D eigenvalue weighted by atomic mass is 32.2. The number of aromatic nitrogens is 2. The summed E-state index contributed by atoms with van der Waals surface area (Å²) in [4.78, 5) is 4.23. The van der Waals surface area contributed by atoms with Gasteiger partial charge in [0.05, 0.1) is 12.8 Å². The molecule has 2 rings (SSSR count). The molecule has 0 bridgehead atoms. The molecular formula is C14H20N4O3S. The predicted octanol–water partition coefficient (Wildman–Crippen LogP) is 1.85. The minimum absolute atomic E-state index is 0.0123. The van der Waals surface area contributed by atoms with Crippen LogP contribution in [0.5, 0.6) is 0 Å². The van der Waals surface area contributed by atoms with E-state index in [0.717, 1.165) is 18.2 Å². The highest BCUT2D eigenvalue weighted by Crippen LogP contribution is 2.18. The first-order chi connectivity index (χ1) is 10.4. The molecule has 1 heterocycles. The standard InChI is InChI=1S/C14H20N4O3S/c1-4-13-16-14(21-17-13)9-15-10(2)11-6-5-7-12(8-11)18-22(3,19)20/h5-8,10,15,18H,4,9H2,1-3H3/t10-/m0/s1. The largest absolute Gasteiger partial charge is 0.338 e. The molecule has 120 valence electrons. The number of hydrogen-bond donors (Lipinski definition) is 2. The highest BCUT2D eigenvalue weighted by Gasteiger charge is 2.10. The molecule has 0 aliphatic heterocycles. The minimum Gasteiger partial charge on any atom is -0.338 e. The van der Waals surface area contributed by atoms with Crippen molar-refractivity contribution in [3.63, 3.8) is 0 Å². The normalized spacial score (nSPS) is 13.0. The van der Waals surface area contributed by atoms with Crippen molar-refractivity contribution < 1.29 is 12.9 Å². The van der Waals surface area contributed by atoms with E-state index in [9.17, 15) is 8.42 Å². The lowest BCUT2D eigenvalue weighted by atomic mass is 10.1. The van der Waals surface area contributed by atoms with E-state index in [-0.39, 0.29) is 6.04 Å². The molecule has 1 aromatic carbocycles. The summed E-state index contributed by atoms with van der Waals surface area (Å²) < 4.78 is 30.1. The van der Waals surface area contributed by atoms with Gasteiger partial charge >= 0.3 is 0 Å². The Morgan fingerprint density at radius 1 is 1.36 bits per heavy atom. The number of nitrogens with one attached hydrogen (secondary N) is 2. The van der Waals surface area contributed by atoms with Gasteiger partial charge in [-0.15, -0.1) is 0 Å². The second-order valence-corrected chi connectivity index (χ2v) is 6.81. The van der Waals surface area contributed by atoms with Crippen molar-refractivity contribution in [3.8, 4) is 0 Å². The van der Waals surface area contributed by atoms with Gasteiger partial charge < -0.3 is 9.84 Å². The van der Waals surface area contributed by atoms with Crippen LogP contribution in [0.15, 0.2) is 28.8 Å². The van der Waals surface area contributed by atoms with Crippen molar-refractivity contribution in [2.24, 2.45) is 0 Å². The molecule has 0 amide bonds. The quantitative estimate of drug-likeness (QED) is 0.807. The Kier molecular flexibility index (Phi) is 5.15. The van der Waals surface area contributed by atoms with Gasteiger partial charge in [0.25, 0.3) is 0 Å². The van der Waals surface area contributed by atoms with Crippen molar-refractivity contribution in [2.45, 2.75) is 32.9 Å². The zero-order valence-corrected chi connectivity index (χ0v) is 13.6. The van der Waals surface area contributed by atoms with Crippen LogP contribution in [0, 0.1) is 0 Å². The smallest absolute Gasteiger partial charge is 0.240 e. The Labute approximate surface area is 130 Å². The lowest BCUT2D eigenvalue weighted by Crippen LogP contribution is -2.18. The first-order valence-electron chi connectivity index (χ1n) is 7.00. The van der Waals surface area contributed by atoms with Gasteiger partial charge in [0.15, 0.2) is 5.82 Å². The molecule has 7 nitrogen and oxygen atoms in total. The SMILES string of the molecule is CCc1noc(CN[C@@H](C)c2cccc(NS(C)(=O)=O)c2)n1. The molecule has 2 N–H and O–H groups in total. The van der Waals surface area contributed by atoms with E-state index in [0.29, 0.717) is 23.9 Å². The lowest BCUT2D eigenvalue weighted by Gasteiger charge is -2.14. The van der Waals surface area contributed by atoms with E-state index in [2.05, 4.69) is 20.2 Å². The monoisotopic (exact) mass is 324 g/mol. The number of hydrogen-bond acceptors (Lipinski definition) is 6. The van der Waals surface area contributed by atoms with E-state index in [1.807, 2.05) is 26.0 Å². The number of rotatable bonds is 7. The fourth-order valence-corrected chi connectivity index (χ4v) is 2.50. The highest BCUT2D eigenvalue weighted by molar-refractivity contribution is 7.92. The molecule has 0 unspecified atom stereocenters. The third kappa shape index (κ3) is 4.81. The van der Waals surface area contributed by atoms with Crippen LogP contribution in [-0.4, -0.2) is 24.8 Å².